The van der Waals surface area contributed by atoms with Gasteiger partial charge in [-0.25, -0.2) is 9.50 Å². The average molecular weight is 431 g/mol. The molecule has 0 atom stereocenters. The molecule has 0 aliphatic heterocycles. The van der Waals surface area contributed by atoms with E-state index in [1.165, 1.54) is 6.07 Å². The fourth-order valence-corrected chi connectivity index (χ4v) is 3.75. The predicted octanol–water partition coefficient (Wildman–Crippen LogP) is 3.22. The van der Waals surface area contributed by atoms with E-state index in [-0.39, 0.29) is 17.9 Å². The standard InChI is InChI=1S/C25H26N4O3/c1-17-22(18(2)29-23(27-17)13-25(31)28-29)12-24(30)26-14-20-10-6-7-11-21(20)16-32-15-19-8-4-3-5-9-19/h3-11,13H,12,14-16H2,1-2H3,(H,26,30)(H,28,31). The van der Waals surface area contributed by atoms with Crippen molar-refractivity contribution in [1.82, 2.24) is 19.9 Å². The first kappa shape index (κ1) is 21.5. The van der Waals surface area contributed by atoms with Crippen molar-refractivity contribution in [3.8, 4) is 0 Å². The summed E-state index contributed by atoms with van der Waals surface area (Å²) in [7, 11) is 0. The first-order valence-electron chi connectivity index (χ1n) is 10.5. The van der Waals surface area contributed by atoms with E-state index in [2.05, 4.69) is 15.4 Å². The molecule has 7 heteroatoms. The Balaban J connectivity index is 1.38. The fraction of sp³-hybridized carbons (Fsp3) is 0.240. The number of fused-ring (bicyclic) bond motifs is 1. The van der Waals surface area contributed by atoms with Gasteiger partial charge in [-0.15, -0.1) is 0 Å². The van der Waals surface area contributed by atoms with Gasteiger partial charge in [0, 0.05) is 29.6 Å². The molecule has 0 aliphatic carbocycles. The van der Waals surface area contributed by atoms with Gasteiger partial charge >= 0.3 is 0 Å². The summed E-state index contributed by atoms with van der Waals surface area (Å²) in [6.45, 7) is 5.15. The number of nitrogens with zero attached hydrogens (tertiary/aromatic N) is 2. The minimum Gasteiger partial charge on any atom is -0.372 e. The minimum absolute atomic E-state index is 0.105. The molecule has 2 aromatic heterocycles. The molecule has 2 aromatic carbocycles. The Morgan fingerprint density at radius 3 is 2.53 bits per heavy atom. The summed E-state index contributed by atoms with van der Waals surface area (Å²) < 4.78 is 7.49. The highest BCUT2D eigenvalue weighted by Gasteiger charge is 2.14. The molecule has 164 valence electrons. The highest BCUT2D eigenvalue weighted by Crippen LogP contribution is 2.15. The molecule has 4 aromatic rings. The van der Waals surface area contributed by atoms with Gasteiger partial charge in [-0.05, 0) is 30.5 Å². The van der Waals surface area contributed by atoms with E-state index in [4.69, 9.17) is 4.74 Å². The third kappa shape index (κ3) is 4.95. The van der Waals surface area contributed by atoms with Crippen molar-refractivity contribution < 1.29 is 9.53 Å². The zero-order valence-electron chi connectivity index (χ0n) is 18.2. The van der Waals surface area contributed by atoms with E-state index in [0.717, 1.165) is 33.6 Å². The summed E-state index contributed by atoms with van der Waals surface area (Å²) in [5, 5.41) is 5.72. The molecular weight excluding hydrogens is 404 g/mol. The number of nitrogens with one attached hydrogen (secondary N) is 2. The van der Waals surface area contributed by atoms with Crippen LogP contribution in [-0.2, 0) is 35.7 Å². The molecule has 0 aliphatic rings. The van der Waals surface area contributed by atoms with Crippen molar-refractivity contribution in [2.75, 3.05) is 0 Å². The number of aromatic amines is 1. The molecule has 0 unspecified atom stereocenters. The molecular formula is C25H26N4O3. The Labute approximate surface area is 186 Å². The lowest BCUT2D eigenvalue weighted by atomic mass is 10.1. The van der Waals surface area contributed by atoms with Crippen LogP contribution in [0.3, 0.4) is 0 Å². The molecule has 2 heterocycles. The molecule has 0 bridgehead atoms. The third-order valence-electron chi connectivity index (χ3n) is 5.50. The number of amides is 1. The predicted molar refractivity (Wildman–Crippen MR) is 122 cm³/mol. The first-order valence-corrected chi connectivity index (χ1v) is 10.5. The van der Waals surface area contributed by atoms with Gasteiger partial charge in [-0.3, -0.25) is 14.7 Å². The number of rotatable bonds is 8. The van der Waals surface area contributed by atoms with Gasteiger partial charge in [0.25, 0.3) is 5.56 Å². The number of aromatic nitrogens is 3. The van der Waals surface area contributed by atoms with Gasteiger partial charge in [0.1, 0.15) is 0 Å². The maximum Gasteiger partial charge on any atom is 0.266 e. The maximum absolute atomic E-state index is 12.7. The normalized spacial score (nSPS) is 11.1. The molecule has 32 heavy (non-hydrogen) atoms. The summed E-state index contributed by atoms with van der Waals surface area (Å²) in [5.74, 6) is -0.105. The largest absolute Gasteiger partial charge is 0.372 e. The monoisotopic (exact) mass is 430 g/mol. The van der Waals surface area contributed by atoms with Crippen LogP contribution < -0.4 is 10.9 Å². The van der Waals surface area contributed by atoms with Crippen molar-refractivity contribution in [2.24, 2.45) is 0 Å². The topological polar surface area (TPSA) is 88.5 Å². The zero-order chi connectivity index (χ0) is 22.5. The lowest BCUT2D eigenvalue weighted by Crippen LogP contribution is -2.26. The van der Waals surface area contributed by atoms with Crippen LogP contribution in [-0.4, -0.2) is 20.5 Å². The highest BCUT2D eigenvalue weighted by molar-refractivity contribution is 5.79. The average Bonchev–Trinajstić information content (AvgIpc) is 3.17. The van der Waals surface area contributed by atoms with E-state index >= 15 is 0 Å². The first-order chi connectivity index (χ1) is 15.5. The van der Waals surface area contributed by atoms with Crippen LogP contribution in [0.15, 0.2) is 65.5 Å². The van der Waals surface area contributed by atoms with Crippen LogP contribution in [0.4, 0.5) is 0 Å². The third-order valence-corrected chi connectivity index (χ3v) is 5.50. The van der Waals surface area contributed by atoms with Crippen LogP contribution in [0.1, 0.15) is 33.6 Å². The number of aryl methyl sites for hydroxylation is 2. The molecule has 4 rings (SSSR count). The number of hydrogen-bond acceptors (Lipinski definition) is 4. The summed E-state index contributed by atoms with van der Waals surface area (Å²) in [4.78, 5) is 28.8. The highest BCUT2D eigenvalue weighted by atomic mass is 16.5. The van der Waals surface area contributed by atoms with Crippen molar-refractivity contribution in [2.45, 2.75) is 40.0 Å². The minimum atomic E-state index is -0.215. The maximum atomic E-state index is 12.7. The number of carbonyl (C=O) groups is 1. The SMILES string of the molecule is Cc1nc2cc(=O)[nH]n2c(C)c1CC(=O)NCc1ccccc1COCc1ccccc1. The Morgan fingerprint density at radius 2 is 1.75 bits per heavy atom. The van der Waals surface area contributed by atoms with Crippen molar-refractivity contribution in [1.29, 1.82) is 0 Å². The van der Waals surface area contributed by atoms with E-state index in [9.17, 15) is 9.59 Å². The Hall–Kier alpha value is -3.71. The van der Waals surface area contributed by atoms with Gasteiger partial charge < -0.3 is 10.1 Å². The second kappa shape index (κ2) is 9.62. The second-order valence-electron chi connectivity index (χ2n) is 7.78. The van der Waals surface area contributed by atoms with E-state index in [0.29, 0.717) is 25.4 Å². The lowest BCUT2D eigenvalue weighted by Gasteiger charge is -2.13. The van der Waals surface area contributed by atoms with Crippen LogP contribution in [0.2, 0.25) is 0 Å². The molecule has 2 N–H and O–H groups in total. The smallest absolute Gasteiger partial charge is 0.266 e. The van der Waals surface area contributed by atoms with Gasteiger partial charge in [0.15, 0.2) is 5.65 Å². The summed E-state index contributed by atoms with van der Waals surface area (Å²) in [6, 6.07) is 19.4. The van der Waals surface area contributed by atoms with Gasteiger partial charge in [0.2, 0.25) is 5.91 Å². The molecule has 1 amide bonds. The Morgan fingerprint density at radius 1 is 1.03 bits per heavy atom. The van der Waals surface area contributed by atoms with E-state index in [1.807, 2.05) is 68.4 Å². The summed E-state index contributed by atoms with van der Waals surface area (Å²) in [5.41, 5.74) is 5.88. The van der Waals surface area contributed by atoms with Crippen LogP contribution >= 0.6 is 0 Å². The number of benzene rings is 2. The number of H-pyrrole nitrogens is 1. The van der Waals surface area contributed by atoms with Crippen LogP contribution in [0, 0.1) is 13.8 Å². The summed E-state index contributed by atoms with van der Waals surface area (Å²) in [6.07, 6.45) is 0.188. The number of ether oxygens (including phenoxy) is 1. The quantitative estimate of drug-likeness (QED) is 0.449. The van der Waals surface area contributed by atoms with Crippen LogP contribution in [0.5, 0.6) is 0 Å². The molecule has 7 nitrogen and oxygen atoms in total. The van der Waals surface area contributed by atoms with E-state index in [1.54, 1.807) is 4.52 Å². The zero-order valence-corrected chi connectivity index (χ0v) is 18.2. The molecule has 0 saturated heterocycles. The van der Waals surface area contributed by atoms with Gasteiger partial charge in [0.05, 0.1) is 19.6 Å². The Bertz CT molecular complexity index is 1290. The lowest BCUT2D eigenvalue weighted by molar-refractivity contribution is -0.120. The molecule has 0 saturated carbocycles. The number of carbonyl (C=O) groups excluding carboxylic acids is 1. The van der Waals surface area contributed by atoms with Crippen molar-refractivity contribution in [3.63, 3.8) is 0 Å². The fourth-order valence-electron chi connectivity index (χ4n) is 3.75. The van der Waals surface area contributed by atoms with Crippen molar-refractivity contribution in [3.05, 3.63) is 105 Å². The van der Waals surface area contributed by atoms with E-state index < -0.39 is 0 Å². The molecule has 0 fully saturated rings. The van der Waals surface area contributed by atoms with Gasteiger partial charge in [-0.2, -0.15) is 0 Å². The molecule has 0 spiro atoms. The molecule has 0 radical (unpaired) electrons. The summed E-state index contributed by atoms with van der Waals surface area (Å²) >= 11 is 0. The second-order valence-corrected chi connectivity index (χ2v) is 7.78. The van der Waals surface area contributed by atoms with Gasteiger partial charge in [-0.1, -0.05) is 54.6 Å². The van der Waals surface area contributed by atoms with Crippen LogP contribution in [0.25, 0.3) is 5.65 Å². The van der Waals surface area contributed by atoms with Crippen molar-refractivity contribution >= 4 is 11.6 Å². The Kier molecular flexibility index (Phi) is 6.47. The number of hydrogen-bond donors (Lipinski definition) is 2.